The Morgan fingerprint density at radius 3 is 3.00 bits per heavy atom. The molecule has 13 heavy (non-hydrogen) atoms. The monoisotopic (exact) mass is 243 g/mol. The number of unbranched alkanes of at least 4 members (excludes halogenated alkanes) is 1. The molecule has 0 aliphatic rings. The first-order chi connectivity index (χ1) is 6.25. The second kappa shape index (κ2) is 5.25. The highest BCUT2D eigenvalue weighted by Crippen LogP contribution is 2.25. The number of hydrogen-bond donors (Lipinski definition) is 1. The van der Waals surface area contributed by atoms with Gasteiger partial charge in [-0.1, -0.05) is 6.08 Å². The number of hydrogen-bond acceptors (Lipinski definition) is 2. The Hall–Kier alpha value is -0.540. The average molecular weight is 244 g/mol. The highest BCUT2D eigenvalue weighted by Gasteiger charge is 2.11. The van der Waals surface area contributed by atoms with Gasteiger partial charge in [-0.15, -0.1) is 6.58 Å². The van der Waals surface area contributed by atoms with Gasteiger partial charge >= 0.3 is 0 Å². The first-order valence-corrected chi connectivity index (χ1v) is 5.14. The largest absolute Gasteiger partial charge is 0.457 e. The number of rotatable bonds is 5. The maximum absolute atomic E-state index is 5.96. The lowest BCUT2D eigenvalue weighted by Gasteiger charge is -2.08. The van der Waals surface area contributed by atoms with Crippen LogP contribution in [0.3, 0.4) is 0 Å². The maximum atomic E-state index is 5.96. The minimum atomic E-state index is 0.0630. The molecule has 0 fully saturated rings. The number of allylic oxidation sites excluding steroid dienone is 1. The van der Waals surface area contributed by atoms with Gasteiger partial charge in [0.1, 0.15) is 0 Å². The third kappa shape index (κ3) is 3.01. The lowest BCUT2D eigenvalue weighted by molar-refractivity contribution is 0.525. The first-order valence-electron chi connectivity index (χ1n) is 4.35. The molecular formula is C10H14BrNO. The molecule has 0 saturated carbocycles. The molecule has 0 aromatic carbocycles. The van der Waals surface area contributed by atoms with Crippen molar-refractivity contribution in [2.24, 2.45) is 5.73 Å². The molecule has 0 saturated heterocycles. The van der Waals surface area contributed by atoms with Crippen LogP contribution in [0.5, 0.6) is 0 Å². The summed E-state index contributed by atoms with van der Waals surface area (Å²) in [7, 11) is 0. The third-order valence-electron chi connectivity index (χ3n) is 1.97. The molecule has 2 nitrogen and oxygen atoms in total. The summed E-state index contributed by atoms with van der Waals surface area (Å²) in [5, 5.41) is 0. The fraction of sp³-hybridized carbons (Fsp3) is 0.400. The summed E-state index contributed by atoms with van der Waals surface area (Å²) in [6.45, 7) is 3.67. The van der Waals surface area contributed by atoms with E-state index in [-0.39, 0.29) is 6.04 Å². The van der Waals surface area contributed by atoms with Crippen LogP contribution in [-0.4, -0.2) is 0 Å². The Morgan fingerprint density at radius 1 is 1.69 bits per heavy atom. The quantitative estimate of drug-likeness (QED) is 0.636. The normalized spacial score (nSPS) is 12.8. The smallest absolute Gasteiger partial charge is 0.173 e. The van der Waals surface area contributed by atoms with Crippen LogP contribution in [0.4, 0.5) is 0 Å². The summed E-state index contributed by atoms with van der Waals surface area (Å²) < 4.78 is 5.86. The molecule has 72 valence electrons. The third-order valence-corrected chi connectivity index (χ3v) is 2.61. The average Bonchev–Trinajstić information content (AvgIpc) is 2.52. The summed E-state index contributed by atoms with van der Waals surface area (Å²) in [6.07, 6.45) is 6.61. The molecule has 1 rings (SSSR count). The van der Waals surface area contributed by atoms with Crippen molar-refractivity contribution in [1.29, 1.82) is 0 Å². The lowest BCUT2D eigenvalue weighted by atomic mass is 10.1. The van der Waals surface area contributed by atoms with Crippen LogP contribution in [0.25, 0.3) is 0 Å². The summed E-state index contributed by atoms with van der Waals surface area (Å²) >= 11 is 3.31. The van der Waals surface area contributed by atoms with Gasteiger partial charge in [0.15, 0.2) is 4.67 Å². The zero-order chi connectivity index (χ0) is 9.68. The van der Waals surface area contributed by atoms with Crippen molar-refractivity contribution in [2.75, 3.05) is 0 Å². The molecule has 1 aromatic rings. The lowest BCUT2D eigenvalue weighted by Crippen LogP contribution is -2.09. The predicted octanol–water partition coefficient (Wildman–Crippen LogP) is 3.40. The molecular weight excluding hydrogens is 230 g/mol. The molecule has 1 aromatic heterocycles. The van der Waals surface area contributed by atoms with Crippen molar-refractivity contribution in [2.45, 2.75) is 25.3 Å². The molecule has 0 aliphatic heterocycles. The van der Waals surface area contributed by atoms with Crippen molar-refractivity contribution >= 4 is 15.9 Å². The Bertz CT molecular complexity index is 270. The van der Waals surface area contributed by atoms with Gasteiger partial charge in [-0.25, -0.2) is 0 Å². The van der Waals surface area contributed by atoms with Gasteiger partial charge in [0.25, 0.3) is 0 Å². The molecule has 1 unspecified atom stereocenters. The second-order valence-electron chi connectivity index (χ2n) is 2.98. The van der Waals surface area contributed by atoms with Crippen molar-refractivity contribution in [3.8, 4) is 0 Å². The molecule has 0 bridgehead atoms. The topological polar surface area (TPSA) is 39.2 Å². The van der Waals surface area contributed by atoms with Crippen molar-refractivity contribution < 1.29 is 4.42 Å². The van der Waals surface area contributed by atoms with E-state index in [1.807, 2.05) is 12.1 Å². The van der Waals surface area contributed by atoms with Crippen molar-refractivity contribution in [1.82, 2.24) is 0 Å². The van der Waals surface area contributed by atoms with E-state index in [1.165, 1.54) is 0 Å². The standard InChI is InChI=1S/C10H14BrNO/c1-2-3-4-5-9(12)8-6-7-13-10(8)11/h2,6-7,9H,1,3-5,12H2. The fourth-order valence-electron chi connectivity index (χ4n) is 1.21. The first kappa shape index (κ1) is 10.5. The highest BCUT2D eigenvalue weighted by molar-refractivity contribution is 9.10. The van der Waals surface area contributed by atoms with Crippen molar-refractivity contribution in [3.63, 3.8) is 0 Å². The van der Waals surface area contributed by atoms with E-state index in [0.717, 1.165) is 29.5 Å². The molecule has 0 aliphatic carbocycles. The Morgan fingerprint density at radius 2 is 2.46 bits per heavy atom. The van der Waals surface area contributed by atoms with Crippen LogP contribution in [0.1, 0.15) is 30.9 Å². The van der Waals surface area contributed by atoms with E-state index in [2.05, 4.69) is 22.5 Å². The van der Waals surface area contributed by atoms with E-state index in [1.54, 1.807) is 6.26 Å². The summed E-state index contributed by atoms with van der Waals surface area (Å²) in [4.78, 5) is 0. The summed E-state index contributed by atoms with van der Waals surface area (Å²) in [6, 6.07) is 1.97. The number of furan rings is 1. The van der Waals surface area contributed by atoms with E-state index in [9.17, 15) is 0 Å². The van der Waals surface area contributed by atoms with Gasteiger partial charge in [-0.3, -0.25) is 0 Å². The van der Waals surface area contributed by atoms with E-state index in [4.69, 9.17) is 10.2 Å². The van der Waals surface area contributed by atoms with E-state index >= 15 is 0 Å². The Kier molecular flexibility index (Phi) is 4.25. The van der Waals surface area contributed by atoms with E-state index in [0.29, 0.717) is 0 Å². The van der Waals surface area contributed by atoms with Gasteiger partial charge in [-0.2, -0.15) is 0 Å². The van der Waals surface area contributed by atoms with Gasteiger partial charge in [0, 0.05) is 11.6 Å². The van der Waals surface area contributed by atoms with Crippen LogP contribution >= 0.6 is 15.9 Å². The second-order valence-corrected chi connectivity index (χ2v) is 3.70. The minimum absolute atomic E-state index is 0.0630. The highest BCUT2D eigenvalue weighted by atomic mass is 79.9. The van der Waals surface area contributed by atoms with E-state index < -0.39 is 0 Å². The molecule has 1 atom stereocenters. The van der Waals surface area contributed by atoms with Crippen LogP contribution in [0, 0.1) is 0 Å². The van der Waals surface area contributed by atoms with Crippen molar-refractivity contribution in [3.05, 3.63) is 35.2 Å². The number of nitrogens with two attached hydrogens (primary N) is 1. The van der Waals surface area contributed by atoms with Gasteiger partial charge in [0.05, 0.1) is 6.26 Å². The van der Waals surface area contributed by atoms with Crippen LogP contribution in [0.15, 0.2) is 34.1 Å². The van der Waals surface area contributed by atoms with Crippen LogP contribution < -0.4 is 5.73 Å². The van der Waals surface area contributed by atoms with Gasteiger partial charge < -0.3 is 10.2 Å². The zero-order valence-electron chi connectivity index (χ0n) is 7.50. The molecule has 0 amide bonds. The molecule has 0 spiro atoms. The molecule has 1 heterocycles. The minimum Gasteiger partial charge on any atom is -0.457 e. The zero-order valence-corrected chi connectivity index (χ0v) is 9.09. The van der Waals surface area contributed by atoms with Gasteiger partial charge in [-0.05, 0) is 41.3 Å². The molecule has 2 N–H and O–H groups in total. The predicted molar refractivity (Wildman–Crippen MR) is 57.4 cm³/mol. The Labute approximate surface area is 86.9 Å². The Balaban J connectivity index is 2.44. The number of halogens is 1. The SMILES string of the molecule is C=CCCCC(N)c1ccoc1Br. The summed E-state index contributed by atoms with van der Waals surface area (Å²) in [5.74, 6) is 0. The van der Waals surface area contributed by atoms with Crippen LogP contribution in [0.2, 0.25) is 0 Å². The molecule has 0 radical (unpaired) electrons. The fourth-order valence-corrected chi connectivity index (χ4v) is 1.74. The van der Waals surface area contributed by atoms with Gasteiger partial charge in [0.2, 0.25) is 0 Å². The maximum Gasteiger partial charge on any atom is 0.173 e. The summed E-state index contributed by atoms with van der Waals surface area (Å²) in [5.41, 5.74) is 7.00. The van der Waals surface area contributed by atoms with Crippen LogP contribution in [-0.2, 0) is 0 Å². The molecule has 3 heteroatoms.